The van der Waals surface area contributed by atoms with Gasteiger partial charge >= 0.3 is 0 Å². The van der Waals surface area contributed by atoms with E-state index < -0.39 is 0 Å². The number of guanidine groups is 1. The first-order valence-electron chi connectivity index (χ1n) is 8.03. The van der Waals surface area contributed by atoms with Crippen molar-refractivity contribution in [3.8, 4) is 0 Å². The number of carbonyl (C=O) groups excluding carboxylic acids is 1. The second-order valence-corrected chi connectivity index (χ2v) is 7.21. The molecule has 4 rings (SSSR count). The van der Waals surface area contributed by atoms with E-state index in [2.05, 4.69) is 39.6 Å². The summed E-state index contributed by atoms with van der Waals surface area (Å²) in [4.78, 5) is 19.0. The standard InChI is InChI=1S/C18H19N3OS/c1-12-5-4-8-21(10-12)18-19-15(17(22)20-18)9-13-11-23-16-7-3-2-6-14(13)16/h2-3,6-7,9,11-12H,4-5,8,10H2,1H3,(H,19,20,22). The molecule has 1 atom stereocenters. The molecule has 0 bridgehead atoms. The Kier molecular flexibility index (Phi) is 3.65. The summed E-state index contributed by atoms with van der Waals surface area (Å²) in [5.74, 6) is 1.26. The van der Waals surface area contributed by atoms with Crippen LogP contribution in [0.15, 0.2) is 40.3 Å². The molecule has 1 aromatic heterocycles. The second-order valence-electron chi connectivity index (χ2n) is 6.30. The van der Waals surface area contributed by atoms with Crippen LogP contribution in [0.25, 0.3) is 16.2 Å². The SMILES string of the molecule is CC1CCCN(C2=NC(=Cc3csc4ccccc34)C(=O)N2)C1. The van der Waals surface area contributed by atoms with Crippen LogP contribution in [0.5, 0.6) is 0 Å². The van der Waals surface area contributed by atoms with Gasteiger partial charge in [-0.1, -0.05) is 25.1 Å². The minimum atomic E-state index is -0.103. The van der Waals surface area contributed by atoms with Gasteiger partial charge in [0.15, 0.2) is 0 Å². The molecule has 0 radical (unpaired) electrons. The Balaban J connectivity index is 1.64. The molecule has 1 amide bonds. The molecular weight excluding hydrogens is 306 g/mol. The van der Waals surface area contributed by atoms with E-state index >= 15 is 0 Å². The van der Waals surface area contributed by atoms with Crippen molar-refractivity contribution in [3.63, 3.8) is 0 Å². The van der Waals surface area contributed by atoms with Crippen LogP contribution in [0.3, 0.4) is 0 Å². The van der Waals surface area contributed by atoms with Gasteiger partial charge in [0.05, 0.1) is 0 Å². The van der Waals surface area contributed by atoms with Gasteiger partial charge in [0.25, 0.3) is 5.91 Å². The van der Waals surface area contributed by atoms with E-state index in [0.717, 1.165) is 25.1 Å². The highest BCUT2D eigenvalue weighted by Crippen LogP contribution is 2.28. The van der Waals surface area contributed by atoms with Crippen LogP contribution in [-0.2, 0) is 4.79 Å². The fraction of sp³-hybridized carbons (Fsp3) is 0.333. The van der Waals surface area contributed by atoms with Gasteiger partial charge in [0.1, 0.15) is 5.70 Å². The monoisotopic (exact) mass is 325 g/mol. The maximum atomic E-state index is 12.3. The quantitative estimate of drug-likeness (QED) is 0.816. The van der Waals surface area contributed by atoms with E-state index in [1.54, 1.807) is 11.3 Å². The van der Waals surface area contributed by atoms with E-state index in [-0.39, 0.29) is 5.91 Å². The summed E-state index contributed by atoms with van der Waals surface area (Å²) in [5, 5.41) is 6.19. The van der Waals surface area contributed by atoms with Crippen molar-refractivity contribution in [3.05, 3.63) is 40.9 Å². The van der Waals surface area contributed by atoms with Crippen LogP contribution >= 0.6 is 11.3 Å². The van der Waals surface area contributed by atoms with Crippen molar-refractivity contribution in [2.24, 2.45) is 10.9 Å². The van der Waals surface area contributed by atoms with Gasteiger partial charge in [0, 0.05) is 17.8 Å². The molecule has 1 unspecified atom stereocenters. The van der Waals surface area contributed by atoms with Gasteiger partial charge in [0.2, 0.25) is 5.96 Å². The van der Waals surface area contributed by atoms with Crippen LogP contribution in [0.2, 0.25) is 0 Å². The summed E-state index contributed by atoms with van der Waals surface area (Å²) < 4.78 is 1.23. The molecule has 2 aromatic rings. The minimum absolute atomic E-state index is 0.103. The van der Waals surface area contributed by atoms with Gasteiger partial charge in [-0.05, 0) is 47.2 Å². The number of likely N-dealkylation sites (tertiary alicyclic amines) is 1. The van der Waals surface area contributed by atoms with Crippen molar-refractivity contribution in [1.82, 2.24) is 10.2 Å². The number of thiophene rings is 1. The van der Waals surface area contributed by atoms with Crippen LogP contribution in [-0.4, -0.2) is 29.9 Å². The smallest absolute Gasteiger partial charge is 0.276 e. The molecule has 5 heteroatoms. The number of hydrogen-bond acceptors (Lipinski definition) is 4. The van der Waals surface area contributed by atoms with Gasteiger partial charge in [-0.15, -0.1) is 11.3 Å². The Hall–Kier alpha value is -2.14. The number of rotatable bonds is 1. The van der Waals surface area contributed by atoms with Crippen LogP contribution in [0.4, 0.5) is 0 Å². The molecule has 1 fully saturated rings. The molecule has 3 heterocycles. The summed E-state index contributed by atoms with van der Waals surface area (Å²) in [6.07, 6.45) is 4.31. The highest BCUT2D eigenvalue weighted by Gasteiger charge is 2.27. The van der Waals surface area contributed by atoms with E-state index in [0.29, 0.717) is 17.6 Å². The molecule has 0 spiro atoms. The molecule has 23 heavy (non-hydrogen) atoms. The summed E-state index contributed by atoms with van der Waals surface area (Å²) in [7, 11) is 0. The number of benzene rings is 1. The fourth-order valence-corrected chi connectivity index (χ4v) is 4.16. The summed E-state index contributed by atoms with van der Waals surface area (Å²) in [6, 6.07) is 8.24. The molecule has 1 saturated heterocycles. The number of amides is 1. The first-order valence-corrected chi connectivity index (χ1v) is 8.91. The molecular formula is C18H19N3OS. The zero-order valence-electron chi connectivity index (χ0n) is 13.1. The zero-order valence-corrected chi connectivity index (χ0v) is 13.9. The normalized spacial score (nSPS) is 23.4. The third-order valence-corrected chi connectivity index (χ3v) is 5.43. The van der Waals surface area contributed by atoms with Gasteiger partial charge < -0.3 is 4.90 Å². The highest BCUT2D eigenvalue weighted by atomic mass is 32.1. The molecule has 2 aliphatic rings. The van der Waals surface area contributed by atoms with Gasteiger partial charge in [-0.3, -0.25) is 10.1 Å². The Morgan fingerprint density at radius 1 is 1.39 bits per heavy atom. The lowest BCUT2D eigenvalue weighted by Crippen LogP contribution is -2.45. The molecule has 2 aliphatic heterocycles. The number of piperidine rings is 1. The predicted molar refractivity (Wildman–Crippen MR) is 95.4 cm³/mol. The minimum Gasteiger partial charge on any atom is -0.342 e. The van der Waals surface area contributed by atoms with Crippen LogP contribution in [0, 0.1) is 5.92 Å². The maximum absolute atomic E-state index is 12.3. The molecule has 0 saturated carbocycles. The summed E-state index contributed by atoms with van der Waals surface area (Å²) >= 11 is 1.69. The topological polar surface area (TPSA) is 44.7 Å². The number of nitrogens with zero attached hydrogens (tertiary/aromatic N) is 2. The third kappa shape index (κ3) is 2.77. The lowest BCUT2D eigenvalue weighted by Gasteiger charge is -2.31. The number of fused-ring (bicyclic) bond motifs is 1. The summed E-state index contributed by atoms with van der Waals surface area (Å²) in [5.41, 5.74) is 1.56. The first-order chi connectivity index (χ1) is 11.2. The molecule has 1 aromatic carbocycles. The Morgan fingerprint density at radius 2 is 2.26 bits per heavy atom. The molecule has 4 nitrogen and oxygen atoms in total. The first kappa shape index (κ1) is 14.5. The van der Waals surface area contributed by atoms with Crippen LogP contribution < -0.4 is 5.32 Å². The highest BCUT2D eigenvalue weighted by molar-refractivity contribution is 7.17. The Bertz CT molecular complexity index is 821. The molecule has 0 aliphatic carbocycles. The van der Waals surface area contributed by atoms with Crippen molar-refractivity contribution in [2.45, 2.75) is 19.8 Å². The largest absolute Gasteiger partial charge is 0.342 e. The number of carbonyl (C=O) groups is 1. The predicted octanol–water partition coefficient (Wildman–Crippen LogP) is 3.46. The van der Waals surface area contributed by atoms with Crippen LogP contribution in [0.1, 0.15) is 25.3 Å². The number of hydrogen-bond donors (Lipinski definition) is 1. The van der Waals surface area contributed by atoms with Crippen molar-refractivity contribution < 1.29 is 4.79 Å². The van der Waals surface area contributed by atoms with Crippen molar-refractivity contribution in [1.29, 1.82) is 0 Å². The van der Waals surface area contributed by atoms with Gasteiger partial charge in [-0.2, -0.15) is 0 Å². The molecule has 1 N–H and O–H groups in total. The lowest BCUT2D eigenvalue weighted by molar-refractivity contribution is -0.115. The van der Waals surface area contributed by atoms with E-state index in [4.69, 9.17) is 0 Å². The zero-order chi connectivity index (χ0) is 15.8. The Labute approximate surface area is 139 Å². The van der Waals surface area contributed by atoms with Gasteiger partial charge in [-0.25, -0.2) is 4.99 Å². The summed E-state index contributed by atoms with van der Waals surface area (Å²) in [6.45, 7) is 4.18. The van der Waals surface area contributed by atoms with Crippen molar-refractivity contribution >= 4 is 39.4 Å². The second kappa shape index (κ2) is 5.81. The third-order valence-electron chi connectivity index (χ3n) is 4.44. The van der Waals surface area contributed by atoms with E-state index in [1.165, 1.54) is 16.5 Å². The average molecular weight is 325 g/mol. The fourth-order valence-electron chi connectivity index (χ4n) is 3.25. The van der Waals surface area contributed by atoms with Crippen molar-refractivity contribution in [2.75, 3.05) is 13.1 Å². The molecule has 118 valence electrons. The Morgan fingerprint density at radius 3 is 3.13 bits per heavy atom. The van der Waals surface area contributed by atoms with E-state index in [9.17, 15) is 4.79 Å². The number of nitrogens with one attached hydrogen (secondary N) is 1. The lowest BCUT2D eigenvalue weighted by atomic mass is 10.0. The van der Waals surface area contributed by atoms with E-state index in [1.807, 2.05) is 18.2 Å². The number of aliphatic imine (C=N–C) groups is 1. The maximum Gasteiger partial charge on any atom is 0.276 e. The average Bonchev–Trinajstić information content (AvgIpc) is 3.13.